The van der Waals surface area contributed by atoms with Crippen LogP contribution < -0.4 is 15.1 Å². The number of hydrogen-bond acceptors (Lipinski definition) is 6. The molecule has 3 heterocycles. The molecule has 7 nitrogen and oxygen atoms in total. The Morgan fingerprint density at radius 2 is 1.39 bits per heavy atom. The Morgan fingerprint density at radius 3 is 2.00 bits per heavy atom. The van der Waals surface area contributed by atoms with Crippen LogP contribution in [0.2, 0.25) is 0 Å². The molecular formula is C34H27F6N3O4S2. The molecule has 3 aromatic carbocycles. The van der Waals surface area contributed by atoms with Gasteiger partial charge in [0.2, 0.25) is 17.7 Å². The zero-order valence-electron chi connectivity index (χ0n) is 26.0. The number of benzene rings is 3. The van der Waals surface area contributed by atoms with Crippen molar-refractivity contribution in [2.24, 2.45) is 5.92 Å². The zero-order chi connectivity index (χ0) is 35.6. The third-order valence-electron chi connectivity index (χ3n) is 8.44. The van der Waals surface area contributed by atoms with Crippen molar-refractivity contribution in [3.8, 4) is 0 Å². The predicted octanol–water partition coefficient (Wildman–Crippen LogP) is 7.68. The molecule has 6 rings (SSSR count). The van der Waals surface area contributed by atoms with E-state index in [1.807, 2.05) is 32.9 Å². The number of amides is 3. The summed E-state index contributed by atoms with van der Waals surface area (Å²) < 4.78 is 83.8. The van der Waals surface area contributed by atoms with Gasteiger partial charge in [-0.2, -0.15) is 26.3 Å². The first-order valence-electron chi connectivity index (χ1n) is 14.9. The number of para-hydroxylation sites is 2. The highest BCUT2D eigenvalue weighted by atomic mass is 32.2. The van der Waals surface area contributed by atoms with Crippen LogP contribution >= 0.6 is 23.1 Å². The van der Waals surface area contributed by atoms with Crippen LogP contribution in [0.5, 0.6) is 0 Å². The maximum absolute atomic E-state index is 14.1. The standard InChI is InChI=1S/C34H27F6N3O4S2/c1-32(2,3)18-14-12-17(13-15-18)24-25-26(29(46)43(28(25)45)22-11-7-5-9-20(22)34(38,39)40)48-30-27(24)49-31(47)42(30)16-23(44)41-21-10-6-4-8-19(21)33(35,36)37/h4-15,24-26H,16H2,1-3H3,(H,41,44)/t24-,25?,26?/m1/s1. The van der Waals surface area contributed by atoms with Gasteiger partial charge in [0.15, 0.2) is 0 Å². The summed E-state index contributed by atoms with van der Waals surface area (Å²) in [5, 5.41) is 1.06. The van der Waals surface area contributed by atoms with Crippen LogP contribution in [0, 0.1) is 5.92 Å². The molecule has 2 aliphatic rings. The molecule has 3 atom stereocenters. The zero-order valence-corrected chi connectivity index (χ0v) is 27.6. The molecule has 49 heavy (non-hydrogen) atoms. The molecule has 256 valence electrons. The van der Waals surface area contributed by atoms with Crippen molar-refractivity contribution in [2.45, 2.75) is 61.3 Å². The van der Waals surface area contributed by atoms with Crippen LogP contribution in [-0.2, 0) is 38.7 Å². The molecule has 3 amide bonds. The molecule has 2 unspecified atom stereocenters. The van der Waals surface area contributed by atoms with Crippen molar-refractivity contribution in [1.82, 2.24) is 4.57 Å². The molecule has 4 aromatic rings. The highest BCUT2D eigenvalue weighted by Crippen LogP contribution is 2.54. The van der Waals surface area contributed by atoms with Gasteiger partial charge in [-0.25, -0.2) is 4.90 Å². The summed E-state index contributed by atoms with van der Waals surface area (Å²) in [6.45, 7) is 5.26. The summed E-state index contributed by atoms with van der Waals surface area (Å²) in [5.74, 6) is -4.91. The second-order valence-corrected chi connectivity index (χ2v) is 14.8. The number of rotatable bonds is 5. The number of nitrogens with one attached hydrogen (secondary N) is 1. The number of hydrogen-bond donors (Lipinski definition) is 1. The quantitative estimate of drug-likeness (QED) is 0.169. The molecule has 0 spiro atoms. The number of alkyl halides is 6. The predicted molar refractivity (Wildman–Crippen MR) is 173 cm³/mol. The van der Waals surface area contributed by atoms with E-state index in [-0.39, 0.29) is 10.4 Å². The van der Waals surface area contributed by atoms with Gasteiger partial charge in [-0.1, -0.05) is 92.4 Å². The Kier molecular flexibility index (Phi) is 8.58. The van der Waals surface area contributed by atoms with Crippen molar-refractivity contribution in [1.29, 1.82) is 0 Å². The molecule has 1 fully saturated rings. The lowest BCUT2D eigenvalue weighted by Gasteiger charge is -2.31. The van der Waals surface area contributed by atoms with Crippen LogP contribution in [0.3, 0.4) is 0 Å². The third-order valence-corrected chi connectivity index (χ3v) is 11.0. The number of carbonyl (C=O) groups excluding carboxylic acids is 3. The first-order valence-corrected chi connectivity index (χ1v) is 16.6. The van der Waals surface area contributed by atoms with Crippen molar-refractivity contribution in [3.05, 3.63) is 110 Å². The van der Waals surface area contributed by atoms with E-state index in [0.717, 1.165) is 58.3 Å². The molecule has 1 saturated heterocycles. The largest absolute Gasteiger partial charge is 0.418 e. The molecule has 0 aliphatic carbocycles. The molecule has 1 N–H and O–H groups in total. The number of aromatic nitrogens is 1. The van der Waals surface area contributed by atoms with Gasteiger partial charge in [-0.05, 0) is 40.8 Å². The second kappa shape index (κ2) is 12.2. The minimum Gasteiger partial charge on any atom is -0.324 e. The summed E-state index contributed by atoms with van der Waals surface area (Å²) in [6.07, 6.45) is -9.65. The Labute approximate surface area is 283 Å². The van der Waals surface area contributed by atoms with Crippen molar-refractivity contribution in [2.75, 3.05) is 10.2 Å². The van der Waals surface area contributed by atoms with Crippen LogP contribution in [-0.4, -0.2) is 27.5 Å². The summed E-state index contributed by atoms with van der Waals surface area (Å²) in [5.41, 5.74) is -2.19. The van der Waals surface area contributed by atoms with E-state index in [9.17, 15) is 45.5 Å². The Bertz CT molecular complexity index is 2030. The number of imide groups is 1. The second-order valence-electron chi connectivity index (χ2n) is 12.7. The average molecular weight is 720 g/mol. The van der Waals surface area contributed by atoms with E-state index in [1.54, 1.807) is 12.1 Å². The van der Waals surface area contributed by atoms with Crippen LogP contribution in [0.1, 0.15) is 53.8 Å². The number of carbonyl (C=O) groups is 3. The van der Waals surface area contributed by atoms with Crippen molar-refractivity contribution in [3.63, 3.8) is 0 Å². The third kappa shape index (κ3) is 6.29. The van der Waals surface area contributed by atoms with Gasteiger partial charge in [-0.15, -0.1) is 0 Å². The molecular weight excluding hydrogens is 693 g/mol. The fourth-order valence-corrected chi connectivity index (χ4v) is 8.90. The van der Waals surface area contributed by atoms with Crippen molar-refractivity contribution >= 4 is 52.2 Å². The Balaban J connectivity index is 1.44. The smallest absolute Gasteiger partial charge is 0.324 e. The van der Waals surface area contributed by atoms with Gasteiger partial charge in [0.25, 0.3) is 0 Å². The van der Waals surface area contributed by atoms with Gasteiger partial charge in [0.05, 0.1) is 33.4 Å². The number of thiazole rings is 1. The van der Waals surface area contributed by atoms with E-state index in [0.29, 0.717) is 26.7 Å². The van der Waals surface area contributed by atoms with E-state index in [4.69, 9.17) is 0 Å². The van der Waals surface area contributed by atoms with Crippen LogP contribution in [0.4, 0.5) is 37.7 Å². The molecule has 0 bridgehead atoms. The Morgan fingerprint density at radius 1 is 0.796 bits per heavy atom. The maximum atomic E-state index is 14.1. The highest BCUT2D eigenvalue weighted by Gasteiger charge is 2.58. The summed E-state index contributed by atoms with van der Waals surface area (Å²) >= 11 is 1.49. The summed E-state index contributed by atoms with van der Waals surface area (Å²) in [7, 11) is 0. The summed E-state index contributed by atoms with van der Waals surface area (Å²) in [6, 6.07) is 15.7. The minimum atomic E-state index is -4.88. The lowest BCUT2D eigenvalue weighted by molar-refractivity contribution is -0.138. The fourth-order valence-electron chi connectivity index (χ4n) is 6.12. The van der Waals surface area contributed by atoms with E-state index in [1.165, 1.54) is 12.1 Å². The lowest BCUT2D eigenvalue weighted by atomic mass is 9.81. The minimum absolute atomic E-state index is 0.132. The molecule has 2 aliphatic heterocycles. The number of fused-ring (bicyclic) bond motifs is 2. The van der Waals surface area contributed by atoms with E-state index in [2.05, 4.69) is 5.32 Å². The number of anilines is 2. The first-order chi connectivity index (χ1) is 22.9. The van der Waals surface area contributed by atoms with Crippen LogP contribution in [0.25, 0.3) is 0 Å². The fraction of sp³-hybridized carbons (Fsp3) is 0.294. The number of nitrogens with zero attached hydrogens (tertiary/aromatic N) is 2. The number of thioether (sulfide) groups is 1. The normalized spacial score (nSPS) is 19.5. The molecule has 15 heteroatoms. The lowest BCUT2D eigenvalue weighted by Crippen LogP contribution is -2.33. The maximum Gasteiger partial charge on any atom is 0.418 e. The molecule has 0 radical (unpaired) electrons. The van der Waals surface area contributed by atoms with E-state index >= 15 is 0 Å². The number of halogens is 6. The van der Waals surface area contributed by atoms with E-state index < -0.39 is 81.1 Å². The van der Waals surface area contributed by atoms with Crippen molar-refractivity contribution < 1.29 is 40.7 Å². The van der Waals surface area contributed by atoms with Gasteiger partial charge >= 0.3 is 17.2 Å². The monoisotopic (exact) mass is 719 g/mol. The summed E-state index contributed by atoms with van der Waals surface area (Å²) in [4.78, 5) is 54.8. The van der Waals surface area contributed by atoms with Gasteiger partial charge in [-0.3, -0.25) is 23.7 Å². The molecule has 1 aromatic heterocycles. The average Bonchev–Trinajstić information content (AvgIpc) is 3.46. The SMILES string of the molecule is CC(C)(C)c1ccc([C@H]2c3sc(=O)n(CC(=O)Nc4ccccc4C(F)(F)F)c3SC3C(=O)N(c4ccccc4C(F)(F)F)C(=O)C32)cc1. The van der Waals surface area contributed by atoms with Gasteiger partial charge < -0.3 is 5.32 Å². The van der Waals surface area contributed by atoms with Crippen LogP contribution in [0.15, 0.2) is 82.6 Å². The first kappa shape index (κ1) is 34.5. The Hall–Kier alpha value is -4.37. The van der Waals surface area contributed by atoms with Gasteiger partial charge in [0, 0.05) is 10.8 Å². The van der Waals surface area contributed by atoms with Gasteiger partial charge in [0.1, 0.15) is 11.8 Å². The molecule has 0 saturated carbocycles. The topological polar surface area (TPSA) is 88.5 Å². The highest BCUT2D eigenvalue weighted by molar-refractivity contribution is 8.00.